The van der Waals surface area contributed by atoms with Gasteiger partial charge in [-0.25, -0.2) is 14.0 Å². The fourth-order valence-corrected chi connectivity index (χ4v) is 2.11. The van der Waals surface area contributed by atoms with Gasteiger partial charge in [0.05, 0.1) is 6.54 Å². The van der Waals surface area contributed by atoms with Crippen molar-refractivity contribution >= 4 is 17.7 Å². The average molecular weight is 268 g/mol. The van der Waals surface area contributed by atoms with Gasteiger partial charge in [0.1, 0.15) is 11.9 Å². The van der Waals surface area contributed by atoms with E-state index in [2.05, 4.69) is 0 Å². The summed E-state index contributed by atoms with van der Waals surface area (Å²) in [6.45, 7) is 0.368. The quantitative estimate of drug-likeness (QED) is 0.838. The first-order valence-corrected chi connectivity index (χ1v) is 5.72. The van der Waals surface area contributed by atoms with Gasteiger partial charge in [-0.2, -0.15) is 0 Å². The van der Waals surface area contributed by atoms with Crippen LogP contribution in [0, 0.1) is 5.82 Å². The van der Waals surface area contributed by atoms with Gasteiger partial charge in [-0.15, -0.1) is 0 Å². The molecule has 1 amide bonds. The van der Waals surface area contributed by atoms with Crippen molar-refractivity contribution in [2.45, 2.75) is 6.04 Å². The average Bonchev–Trinajstić information content (AvgIpc) is 2.38. The topological polar surface area (TPSA) is 81.1 Å². The first-order valence-electron chi connectivity index (χ1n) is 5.72. The minimum atomic E-state index is -1.13. The van der Waals surface area contributed by atoms with Crippen molar-refractivity contribution < 1.29 is 24.2 Å². The Morgan fingerprint density at radius 2 is 1.79 bits per heavy atom. The molecule has 0 aromatic heterocycles. The first kappa shape index (κ1) is 13.1. The molecular formula is C12H13FN2O4. The van der Waals surface area contributed by atoms with E-state index in [1.165, 1.54) is 24.3 Å². The Morgan fingerprint density at radius 3 is 2.32 bits per heavy atom. The number of hydrogen-bond acceptors (Lipinski definition) is 3. The largest absolute Gasteiger partial charge is 0.480 e. The number of benzene rings is 1. The minimum absolute atomic E-state index is 0.109. The second-order valence-electron chi connectivity index (χ2n) is 4.25. The van der Waals surface area contributed by atoms with Crippen molar-refractivity contribution in [2.24, 2.45) is 0 Å². The number of piperazine rings is 1. The van der Waals surface area contributed by atoms with Crippen LogP contribution in [0.25, 0.3) is 0 Å². The van der Waals surface area contributed by atoms with E-state index < -0.39 is 23.9 Å². The Morgan fingerprint density at radius 1 is 1.16 bits per heavy atom. The van der Waals surface area contributed by atoms with E-state index in [1.807, 2.05) is 0 Å². The third-order valence-corrected chi connectivity index (χ3v) is 3.09. The second-order valence-corrected chi connectivity index (χ2v) is 4.25. The highest BCUT2D eigenvalue weighted by molar-refractivity contribution is 5.80. The number of carboxylic acids is 1. The van der Waals surface area contributed by atoms with Crippen LogP contribution in [0.2, 0.25) is 0 Å². The van der Waals surface area contributed by atoms with Crippen LogP contribution in [0.15, 0.2) is 24.3 Å². The van der Waals surface area contributed by atoms with Crippen molar-refractivity contribution in [3.8, 4) is 0 Å². The molecule has 1 aliphatic rings. The monoisotopic (exact) mass is 268 g/mol. The van der Waals surface area contributed by atoms with E-state index in [-0.39, 0.29) is 19.6 Å². The predicted octanol–water partition coefficient (Wildman–Crippen LogP) is 1.08. The fourth-order valence-electron chi connectivity index (χ4n) is 2.11. The summed E-state index contributed by atoms with van der Waals surface area (Å²) < 4.78 is 12.9. The van der Waals surface area contributed by atoms with Crippen molar-refractivity contribution in [1.82, 2.24) is 4.90 Å². The molecule has 102 valence electrons. The Labute approximate surface area is 108 Å². The molecule has 1 aliphatic heterocycles. The number of rotatable bonds is 2. The van der Waals surface area contributed by atoms with Crippen LogP contribution < -0.4 is 4.90 Å². The SMILES string of the molecule is O=C(O)C1CN(C(=O)O)CCN1c1ccc(F)cc1. The smallest absolute Gasteiger partial charge is 0.407 e. The summed E-state index contributed by atoms with van der Waals surface area (Å²) in [6, 6.07) is 4.51. The number of carbonyl (C=O) groups is 2. The van der Waals surface area contributed by atoms with Crippen LogP contribution >= 0.6 is 0 Å². The number of aliphatic carboxylic acids is 1. The molecule has 1 saturated heterocycles. The van der Waals surface area contributed by atoms with Gasteiger partial charge in [0.15, 0.2) is 0 Å². The molecule has 1 heterocycles. The summed E-state index contributed by atoms with van der Waals surface area (Å²) in [6.07, 6.45) is -1.13. The molecule has 0 aliphatic carbocycles. The number of hydrogen-bond donors (Lipinski definition) is 2. The summed E-state index contributed by atoms with van der Waals surface area (Å²) in [7, 11) is 0. The number of carboxylic acid groups (broad SMARTS) is 2. The Bertz CT molecular complexity index is 491. The predicted molar refractivity (Wildman–Crippen MR) is 64.8 cm³/mol. The Balaban J connectivity index is 2.22. The maximum Gasteiger partial charge on any atom is 0.407 e. The van der Waals surface area contributed by atoms with Crippen LogP contribution in [0.5, 0.6) is 0 Å². The van der Waals surface area contributed by atoms with E-state index in [1.54, 1.807) is 4.90 Å². The second kappa shape index (κ2) is 5.13. The highest BCUT2D eigenvalue weighted by Gasteiger charge is 2.34. The lowest BCUT2D eigenvalue weighted by atomic mass is 10.1. The Hall–Kier alpha value is -2.31. The molecule has 1 aromatic rings. The number of halogens is 1. The van der Waals surface area contributed by atoms with Crippen LogP contribution in [0.3, 0.4) is 0 Å². The van der Waals surface area contributed by atoms with Gasteiger partial charge in [0, 0.05) is 18.8 Å². The molecule has 19 heavy (non-hydrogen) atoms. The molecule has 1 aromatic carbocycles. The third kappa shape index (κ3) is 2.75. The lowest BCUT2D eigenvalue weighted by Crippen LogP contribution is -2.57. The molecule has 2 N–H and O–H groups in total. The van der Waals surface area contributed by atoms with Crippen LogP contribution in [-0.2, 0) is 4.79 Å². The van der Waals surface area contributed by atoms with Gasteiger partial charge < -0.3 is 20.0 Å². The van der Waals surface area contributed by atoms with Gasteiger partial charge in [0.2, 0.25) is 0 Å². The van der Waals surface area contributed by atoms with Crippen molar-refractivity contribution in [3.05, 3.63) is 30.1 Å². The van der Waals surface area contributed by atoms with Gasteiger partial charge in [-0.1, -0.05) is 0 Å². The molecule has 1 atom stereocenters. The van der Waals surface area contributed by atoms with E-state index in [4.69, 9.17) is 5.11 Å². The van der Waals surface area contributed by atoms with E-state index in [0.717, 1.165) is 4.90 Å². The number of anilines is 1. The zero-order chi connectivity index (χ0) is 14.0. The molecular weight excluding hydrogens is 255 g/mol. The normalized spacial score (nSPS) is 19.3. The van der Waals surface area contributed by atoms with E-state index >= 15 is 0 Å². The molecule has 0 radical (unpaired) electrons. The maximum absolute atomic E-state index is 12.9. The number of nitrogens with zero attached hydrogens (tertiary/aromatic N) is 2. The van der Waals surface area contributed by atoms with Gasteiger partial charge in [-0.05, 0) is 24.3 Å². The van der Waals surface area contributed by atoms with Crippen molar-refractivity contribution in [2.75, 3.05) is 24.5 Å². The summed E-state index contributed by atoms with van der Waals surface area (Å²) >= 11 is 0. The molecule has 2 rings (SSSR count). The zero-order valence-electron chi connectivity index (χ0n) is 9.99. The molecule has 1 unspecified atom stereocenters. The molecule has 0 bridgehead atoms. The summed E-state index contributed by atoms with van der Waals surface area (Å²) in [5, 5.41) is 18.1. The summed E-state index contributed by atoms with van der Waals surface area (Å²) in [5.74, 6) is -1.50. The van der Waals surface area contributed by atoms with E-state index in [9.17, 15) is 19.1 Å². The van der Waals surface area contributed by atoms with Crippen LogP contribution in [-0.4, -0.2) is 52.9 Å². The molecule has 0 spiro atoms. The molecule has 7 heteroatoms. The minimum Gasteiger partial charge on any atom is -0.480 e. The van der Waals surface area contributed by atoms with Gasteiger partial charge in [-0.3, -0.25) is 0 Å². The zero-order valence-corrected chi connectivity index (χ0v) is 9.99. The van der Waals surface area contributed by atoms with Gasteiger partial charge in [0.25, 0.3) is 0 Å². The van der Waals surface area contributed by atoms with Crippen molar-refractivity contribution in [1.29, 1.82) is 0 Å². The van der Waals surface area contributed by atoms with Gasteiger partial charge >= 0.3 is 12.1 Å². The highest BCUT2D eigenvalue weighted by atomic mass is 19.1. The summed E-state index contributed by atoms with van der Waals surface area (Å²) in [5.41, 5.74) is 0.568. The van der Waals surface area contributed by atoms with Crippen LogP contribution in [0.1, 0.15) is 0 Å². The maximum atomic E-state index is 12.9. The Kier molecular flexibility index (Phi) is 3.55. The van der Waals surface area contributed by atoms with Crippen LogP contribution in [0.4, 0.5) is 14.9 Å². The fraction of sp³-hybridized carbons (Fsp3) is 0.333. The third-order valence-electron chi connectivity index (χ3n) is 3.09. The van der Waals surface area contributed by atoms with Crippen molar-refractivity contribution in [3.63, 3.8) is 0 Å². The lowest BCUT2D eigenvalue weighted by molar-refractivity contribution is -0.139. The highest BCUT2D eigenvalue weighted by Crippen LogP contribution is 2.21. The molecule has 6 nitrogen and oxygen atoms in total. The lowest BCUT2D eigenvalue weighted by Gasteiger charge is -2.39. The molecule has 0 saturated carbocycles. The number of amides is 1. The first-order chi connectivity index (χ1) is 8.99. The van der Waals surface area contributed by atoms with E-state index in [0.29, 0.717) is 5.69 Å². The molecule has 1 fully saturated rings. The standard InChI is InChI=1S/C12H13FN2O4/c13-8-1-3-9(4-2-8)15-6-5-14(12(18)19)7-10(15)11(16)17/h1-4,10H,5-7H2,(H,16,17)(H,18,19). The summed E-state index contributed by atoms with van der Waals surface area (Å²) in [4.78, 5) is 24.8.